The molecule has 4 aromatic rings. The normalized spacial score (nSPS) is 9.64. The van der Waals surface area contributed by atoms with Crippen molar-refractivity contribution in [1.82, 2.24) is 0 Å². The summed E-state index contributed by atoms with van der Waals surface area (Å²) in [5, 5.41) is 5.32. The molecule has 0 aliphatic heterocycles. The van der Waals surface area contributed by atoms with Gasteiger partial charge in [0.1, 0.15) is 0 Å². The third-order valence-corrected chi connectivity index (χ3v) is 3.10. The minimum atomic E-state index is 1.33. The van der Waals surface area contributed by atoms with Gasteiger partial charge in [0.15, 0.2) is 0 Å². The van der Waals surface area contributed by atoms with Crippen LogP contribution in [0.4, 0.5) is 0 Å². The molecule has 1 heteroatoms. The summed E-state index contributed by atoms with van der Waals surface area (Å²) < 4.78 is 1.42. The second-order valence-corrected chi connectivity index (χ2v) is 6.87. The van der Waals surface area contributed by atoms with E-state index < -0.39 is 0 Å². The summed E-state index contributed by atoms with van der Waals surface area (Å²) in [7, 11) is 0. The molecule has 0 nitrogen and oxygen atoms in total. The van der Waals surface area contributed by atoms with E-state index >= 15 is 0 Å². The van der Waals surface area contributed by atoms with Gasteiger partial charge >= 0.3 is 37.6 Å². The molecule has 0 bridgehead atoms. The van der Waals surface area contributed by atoms with Gasteiger partial charge in [-0.2, -0.15) is 35.0 Å². The van der Waals surface area contributed by atoms with Crippen molar-refractivity contribution in [2.24, 2.45) is 0 Å². The molecule has 0 aliphatic rings. The molecule has 0 atom stereocenters. The van der Waals surface area contributed by atoms with Crippen LogP contribution in [0.5, 0.6) is 0 Å². The van der Waals surface area contributed by atoms with E-state index in [0.29, 0.717) is 0 Å². The molecule has 0 fully saturated rings. The van der Waals surface area contributed by atoms with Gasteiger partial charge in [0.25, 0.3) is 0 Å². The summed E-state index contributed by atoms with van der Waals surface area (Å²) in [6.07, 6.45) is 0. The maximum absolute atomic E-state index is 2.12. The van der Waals surface area contributed by atoms with Crippen molar-refractivity contribution in [2.45, 2.75) is 13.8 Å². The van der Waals surface area contributed by atoms with Crippen LogP contribution in [0, 0.1) is 0 Å². The van der Waals surface area contributed by atoms with Crippen LogP contribution in [0.25, 0.3) is 21.5 Å². The van der Waals surface area contributed by atoms with Gasteiger partial charge in [-0.15, -0.1) is 59.3 Å². The molecular formula is C21H20Ti. The monoisotopic (exact) mass is 320 g/mol. The van der Waals surface area contributed by atoms with Crippen LogP contribution in [0.2, 0.25) is 0 Å². The maximum Gasteiger partial charge on any atom is -0.0809 e. The zero-order chi connectivity index (χ0) is 15.8. The van der Waals surface area contributed by atoms with Crippen molar-refractivity contribution < 1.29 is 20.0 Å². The average molecular weight is 320 g/mol. The van der Waals surface area contributed by atoms with Crippen LogP contribution in [0.3, 0.4) is 0 Å². The first kappa shape index (κ1) is 16.6. The van der Waals surface area contributed by atoms with Crippen LogP contribution in [0.15, 0.2) is 84.9 Å². The SMILES string of the molecule is C[C](C)=[Ti+2].c1ccc2[cH-]ccc2c1.c1ccc2[cH-]ccc2c1. The fourth-order valence-electron chi connectivity index (χ4n) is 2.14. The maximum atomic E-state index is 2.12. The minimum Gasteiger partial charge on any atom is -0.168 e. The molecule has 0 aliphatic carbocycles. The van der Waals surface area contributed by atoms with E-state index in [1.165, 1.54) is 25.4 Å². The third-order valence-electron chi connectivity index (χ3n) is 3.10. The number of hydrogen-bond acceptors (Lipinski definition) is 0. The Morgan fingerprint density at radius 1 is 0.682 bits per heavy atom. The molecule has 0 heterocycles. The van der Waals surface area contributed by atoms with E-state index in [2.05, 4.69) is 119 Å². The largest absolute Gasteiger partial charge is 0.168 e. The predicted molar refractivity (Wildman–Crippen MR) is 95.4 cm³/mol. The Morgan fingerprint density at radius 3 is 1.41 bits per heavy atom. The van der Waals surface area contributed by atoms with E-state index in [0.717, 1.165) is 0 Å². The van der Waals surface area contributed by atoms with E-state index in [1.807, 2.05) is 0 Å². The predicted octanol–water partition coefficient (Wildman–Crippen LogP) is 5.86. The molecule has 0 saturated carbocycles. The molecule has 22 heavy (non-hydrogen) atoms. The van der Waals surface area contributed by atoms with E-state index in [9.17, 15) is 0 Å². The molecule has 0 aromatic heterocycles. The Bertz CT molecular complexity index is 703. The van der Waals surface area contributed by atoms with Gasteiger partial charge in [-0.25, -0.2) is 0 Å². The second-order valence-electron chi connectivity index (χ2n) is 5.31. The first-order valence-corrected chi connectivity index (χ1v) is 8.17. The average Bonchev–Trinajstić information content (AvgIpc) is 3.16. The van der Waals surface area contributed by atoms with Crippen molar-refractivity contribution in [2.75, 3.05) is 0 Å². The summed E-state index contributed by atoms with van der Waals surface area (Å²) in [5.41, 5.74) is 0. The Labute approximate surface area is 144 Å². The summed E-state index contributed by atoms with van der Waals surface area (Å²) in [6.45, 7) is 4.17. The van der Waals surface area contributed by atoms with E-state index in [-0.39, 0.29) is 0 Å². The molecule has 4 aromatic carbocycles. The molecule has 0 radical (unpaired) electrons. The van der Waals surface area contributed by atoms with Gasteiger partial charge in [0, 0.05) is 0 Å². The smallest absolute Gasteiger partial charge is 0.0809 e. The fourth-order valence-corrected chi connectivity index (χ4v) is 2.14. The Hall–Kier alpha value is -1.76. The number of benzene rings is 2. The van der Waals surface area contributed by atoms with Gasteiger partial charge in [-0.05, 0) is 0 Å². The molecule has 0 amide bonds. The van der Waals surface area contributed by atoms with Crippen molar-refractivity contribution in [3.05, 3.63) is 84.9 Å². The summed E-state index contributed by atoms with van der Waals surface area (Å²) in [4.78, 5) is 0. The Kier molecular flexibility index (Phi) is 6.52. The van der Waals surface area contributed by atoms with Crippen LogP contribution < -0.4 is 0 Å². The molecule has 0 N–H and O–H groups in total. The van der Waals surface area contributed by atoms with Gasteiger partial charge in [-0.3, -0.25) is 0 Å². The number of fused-ring (bicyclic) bond motifs is 2. The van der Waals surface area contributed by atoms with Gasteiger partial charge in [-0.1, -0.05) is 12.1 Å². The number of rotatable bonds is 0. The van der Waals surface area contributed by atoms with Gasteiger partial charge in [0.05, 0.1) is 0 Å². The minimum absolute atomic E-state index is 1.33. The van der Waals surface area contributed by atoms with Crippen LogP contribution in [-0.4, -0.2) is 3.81 Å². The Balaban J connectivity index is 0.000000131. The van der Waals surface area contributed by atoms with Gasteiger partial charge < -0.3 is 0 Å². The first-order chi connectivity index (χ1) is 10.7. The van der Waals surface area contributed by atoms with Crippen LogP contribution >= 0.6 is 0 Å². The molecular weight excluding hydrogens is 300 g/mol. The third kappa shape index (κ3) is 5.22. The molecule has 108 valence electrons. The molecule has 0 spiro atoms. The summed E-state index contributed by atoms with van der Waals surface area (Å²) >= 11 is 2.08. The summed E-state index contributed by atoms with van der Waals surface area (Å²) in [6, 6.07) is 29.3. The van der Waals surface area contributed by atoms with Crippen LogP contribution in [0.1, 0.15) is 13.8 Å². The zero-order valence-electron chi connectivity index (χ0n) is 13.1. The molecule has 0 saturated heterocycles. The van der Waals surface area contributed by atoms with Crippen molar-refractivity contribution in [1.29, 1.82) is 0 Å². The Morgan fingerprint density at radius 2 is 1.05 bits per heavy atom. The van der Waals surface area contributed by atoms with E-state index in [1.54, 1.807) is 0 Å². The van der Waals surface area contributed by atoms with Gasteiger partial charge in [0.2, 0.25) is 0 Å². The quantitative estimate of drug-likeness (QED) is 0.281. The fraction of sp³-hybridized carbons (Fsp3) is 0.0952. The topological polar surface area (TPSA) is 0 Å². The molecule has 4 rings (SSSR count). The zero-order valence-corrected chi connectivity index (χ0v) is 14.6. The van der Waals surface area contributed by atoms with Crippen molar-refractivity contribution in [3.8, 4) is 0 Å². The summed E-state index contributed by atoms with van der Waals surface area (Å²) in [5.74, 6) is 0. The standard InChI is InChI=1S/2C9H7.C3H6.Ti/c2*1-2-5-9-7-3-6-8(9)4-1;1-3-2;/h2*1-7H;1-2H3;/q2*-1;;+2. The number of hydrogen-bond donors (Lipinski definition) is 0. The van der Waals surface area contributed by atoms with E-state index in [4.69, 9.17) is 0 Å². The first-order valence-electron chi connectivity index (χ1n) is 7.39. The second kappa shape index (κ2) is 8.63. The van der Waals surface area contributed by atoms with Crippen molar-refractivity contribution >= 4 is 25.4 Å². The van der Waals surface area contributed by atoms with Crippen molar-refractivity contribution in [3.63, 3.8) is 0 Å². The van der Waals surface area contributed by atoms with Crippen LogP contribution in [-0.2, 0) is 20.0 Å². The molecule has 0 unspecified atom stereocenters.